The van der Waals surface area contributed by atoms with E-state index in [4.69, 9.17) is 5.73 Å². The Balaban J connectivity index is 0.00000200. The van der Waals surface area contributed by atoms with Gasteiger partial charge in [0.05, 0.1) is 6.04 Å². The molecule has 1 fully saturated rings. The Bertz CT molecular complexity index is 429. The van der Waals surface area contributed by atoms with Gasteiger partial charge in [-0.3, -0.25) is 4.79 Å². The van der Waals surface area contributed by atoms with Gasteiger partial charge in [0.15, 0.2) is 0 Å². The number of carbonyl (C=O) groups excluding carboxylic acids is 1. The van der Waals surface area contributed by atoms with Crippen molar-refractivity contribution in [2.24, 2.45) is 11.7 Å². The zero-order chi connectivity index (χ0) is 13.9. The quantitative estimate of drug-likeness (QED) is 0.848. The van der Waals surface area contributed by atoms with Crippen molar-refractivity contribution in [2.45, 2.75) is 44.6 Å². The Hall–Kier alpha value is -1.06. The third-order valence-corrected chi connectivity index (χ3v) is 3.90. The van der Waals surface area contributed by atoms with E-state index >= 15 is 0 Å². The van der Waals surface area contributed by atoms with Crippen LogP contribution in [0.4, 0.5) is 0 Å². The SMILES string of the molecule is CC(C)C[C@H](N)C(=O)NCC1(c2ccccc2)CC1.Cl. The number of halogens is 1. The van der Waals surface area contributed by atoms with E-state index < -0.39 is 0 Å². The summed E-state index contributed by atoms with van der Waals surface area (Å²) in [6.45, 7) is 4.88. The molecule has 0 radical (unpaired) electrons. The Kier molecular flexibility index (Phi) is 6.03. The van der Waals surface area contributed by atoms with E-state index in [2.05, 4.69) is 43.4 Å². The first-order valence-corrected chi connectivity index (χ1v) is 7.12. The number of hydrogen-bond acceptors (Lipinski definition) is 2. The van der Waals surface area contributed by atoms with Gasteiger partial charge >= 0.3 is 0 Å². The topological polar surface area (TPSA) is 55.1 Å². The third kappa shape index (κ3) is 4.22. The van der Waals surface area contributed by atoms with Crippen molar-refractivity contribution in [3.8, 4) is 0 Å². The van der Waals surface area contributed by atoms with Crippen LogP contribution in [0.2, 0.25) is 0 Å². The first-order valence-electron chi connectivity index (χ1n) is 7.12. The van der Waals surface area contributed by atoms with Crippen molar-refractivity contribution >= 4 is 18.3 Å². The highest BCUT2D eigenvalue weighted by molar-refractivity contribution is 5.85. The van der Waals surface area contributed by atoms with E-state index in [0.717, 1.165) is 19.3 Å². The Morgan fingerprint density at radius 1 is 1.30 bits per heavy atom. The molecule has 1 atom stereocenters. The maximum Gasteiger partial charge on any atom is 0.236 e. The maximum atomic E-state index is 11.9. The van der Waals surface area contributed by atoms with Gasteiger partial charge in [-0.1, -0.05) is 44.2 Å². The molecular formula is C16H25ClN2O. The van der Waals surface area contributed by atoms with E-state index in [-0.39, 0.29) is 29.8 Å². The molecule has 3 N–H and O–H groups in total. The molecule has 0 saturated heterocycles. The van der Waals surface area contributed by atoms with Crippen LogP contribution in [-0.2, 0) is 10.2 Å². The molecule has 1 saturated carbocycles. The lowest BCUT2D eigenvalue weighted by Crippen LogP contribution is -2.44. The van der Waals surface area contributed by atoms with Crippen molar-refractivity contribution in [1.82, 2.24) is 5.32 Å². The largest absolute Gasteiger partial charge is 0.354 e. The van der Waals surface area contributed by atoms with Crippen LogP contribution in [0.1, 0.15) is 38.7 Å². The van der Waals surface area contributed by atoms with Crippen molar-refractivity contribution < 1.29 is 4.79 Å². The molecule has 112 valence electrons. The lowest BCUT2D eigenvalue weighted by atomic mass is 9.95. The fourth-order valence-electron chi connectivity index (χ4n) is 2.51. The lowest BCUT2D eigenvalue weighted by molar-refractivity contribution is -0.122. The van der Waals surface area contributed by atoms with Crippen molar-refractivity contribution in [3.63, 3.8) is 0 Å². The molecule has 0 heterocycles. The summed E-state index contributed by atoms with van der Waals surface area (Å²) >= 11 is 0. The number of benzene rings is 1. The average molecular weight is 297 g/mol. The molecule has 1 aromatic carbocycles. The minimum Gasteiger partial charge on any atom is -0.354 e. The van der Waals surface area contributed by atoms with Gasteiger partial charge < -0.3 is 11.1 Å². The molecule has 4 heteroatoms. The highest BCUT2D eigenvalue weighted by Gasteiger charge is 2.44. The van der Waals surface area contributed by atoms with Gasteiger partial charge in [-0.05, 0) is 30.7 Å². The second-order valence-electron chi connectivity index (χ2n) is 6.10. The zero-order valence-electron chi connectivity index (χ0n) is 12.3. The Morgan fingerprint density at radius 3 is 2.40 bits per heavy atom. The number of hydrogen-bond donors (Lipinski definition) is 2. The number of amides is 1. The molecule has 1 aliphatic carbocycles. The first-order chi connectivity index (χ1) is 9.03. The van der Waals surface area contributed by atoms with Crippen LogP contribution in [0.5, 0.6) is 0 Å². The van der Waals surface area contributed by atoms with Crippen LogP contribution in [0.25, 0.3) is 0 Å². The van der Waals surface area contributed by atoms with Crippen molar-refractivity contribution in [1.29, 1.82) is 0 Å². The molecular weight excluding hydrogens is 272 g/mol. The molecule has 0 aliphatic heterocycles. The van der Waals surface area contributed by atoms with Crippen LogP contribution in [0, 0.1) is 5.92 Å². The van der Waals surface area contributed by atoms with Gasteiger partial charge in [0, 0.05) is 12.0 Å². The number of carbonyl (C=O) groups is 1. The first kappa shape index (κ1) is 17.0. The van der Waals surface area contributed by atoms with Crippen molar-refractivity contribution in [2.75, 3.05) is 6.54 Å². The predicted molar refractivity (Wildman–Crippen MR) is 85.0 cm³/mol. The Morgan fingerprint density at radius 2 is 1.90 bits per heavy atom. The second-order valence-corrected chi connectivity index (χ2v) is 6.10. The fraction of sp³-hybridized carbons (Fsp3) is 0.562. The van der Waals surface area contributed by atoms with Crippen LogP contribution >= 0.6 is 12.4 Å². The van der Waals surface area contributed by atoms with E-state index in [9.17, 15) is 4.79 Å². The molecule has 0 spiro atoms. The summed E-state index contributed by atoms with van der Waals surface area (Å²) < 4.78 is 0. The molecule has 2 rings (SSSR count). The van der Waals surface area contributed by atoms with Gasteiger partial charge in [-0.15, -0.1) is 12.4 Å². The normalized spacial score (nSPS) is 17.2. The standard InChI is InChI=1S/C16H24N2O.ClH/c1-12(2)10-14(17)15(19)18-11-16(8-9-16)13-6-4-3-5-7-13;/h3-7,12,14H,8-11,17H2,1-2H3,(H,18,19);1H/t14-;/m0./s1. The molecule has 1 amide bonds. The molecule has 3 nitrogen and oxygen atoms in total. The summed E-state index contributed by atoms with van der Waals surface area (Å²) in [6.07, 6.45) is 3.04. The van der Waals surface area contributed by atoms with E-state index in [1.54, 1.807) is 0 Å². The minimum atomic E-state index is -0.383. The third-order valence-electron chi connectivity index (χ3n) is 3.90. The van der Waals surface area contributed by atoms with E-state index in [1.807, 2.05) is 6.07 Å². The summed E-state index contributed by atoms with van der Waals surface area (Å²) in [5.41, 5.74) is 7.38. The van der Waals surface area contributed by atoms with Gasteiger partial charge in [0.1, 0.15) is 0 Å². The van der Waals surface area contributed by atoms with Gasteiger partial charge in [-0.2, -0.15) is 0 Å². The van der Waals surface area contributed by atoms with Crippen LogP contribution in [0.3, 0.4) is 0 Å². The lowest BCUT2D eigenvalue weighted by Gasteiger charge is -2.19. The average Bonchev–Trinajstić information content (AvgIpc) is 3.17. The van der Waals surface area contributed by atoms with Gasteiger partial charge in [-0.25, -0.2) is 0 Å². The van der Waals surface area contributed by atoms with Gasteiger partial charge in [0.25, 0.3) is 0 Å². The summed E-state index contributed by atoms with van der Waals surface area (Å²) in [5.74, 6) is 0.431. The molecule has 0 bridgehead atoms. The molecule has 0 aromatic heterocycles. The summed E-state index contributed by atoms with van der Waals surface area (Å²) in [7, 11) is 0. The summed E-state index contributed by atoms with van der Waals surface area (Å²) in [5, 5.41) is 3.03. The fourth-order valence-corrected chi connectivity index (χ4v) is 2.51. The van der Waals surface area contributed by atoms with Crippen LogP contribution in [-0.4, -0.2) is 18.5 Å². The molecule has 0 unspecified atom stereocenters. The zero-order valence-corrected chi connectivity index (χ0v) is 13.1. The van der Waals surface area contributed by atoms with E-state index in [0.29, 0.717) is 12.5 Å². The Labute approximate surface area is 127 Å². The highest BCUT2D eigenvalue weighted by Crippen LogP contribution is 2.47. The number of nitrogens with one attached hydrogen (secondary N) is 1. The van der Waals surface area contributed by atoms with Crippen LogP contribution < -0.4 is 11.1 Å². The minimum absolute atomic E-state index is 0. The highest BCUT2D eigenvalue weighted by atomic mass is 35.5. The van der Waals surface area contributed by atoms with Gasteiger partial charge in [0.2, 0.25) is 5.91 Å². The second kappa shape index (κ2) is 7.09. The smallest absolute Gasteiger partial charge is 0.236 e. The molecule has 1 aromatic rings. The summed E-state index contributed by atoms with van der Waals surface area (Å²) in [4.78, 5) is 11.9. The van der Waals surface area contributed by atoms with Crippen molar-refractivity contribution in [3.05, 3.63) is 35.9 Å². The number of nitrogens with two attached hydrogens (primary N) is 1. The molecule has 1 aliphatic rings. The number of rotatable bonds is 6. The predicted octanol–water partition coefficient (Wildman–Crippen LogP) is 2.63. The summed E-state index contributed by atoms with van der Waals surface area (Å²) in [6, 6.07) is 10.0. The molecule has 20 heavy (non-hydrogen) atoms. The van der Waals surface area contributed by atoms with Crippen LogP contribution in [0.15, 0.2) is 30.3 Å². The maximum absolute atomic E-state index is 11.9. The van der Waals surface area contributed by atoms with E-state index in [1.165, 1.54) is 5.56 Å². The monoisotopic (exact) mass is 296 g/mol.